The summed E-state index contributed by atoms with van der Waals surface area (Å²) in [6, 6.07) is 13.6. The highest BCUT2D eigenvalue weighted by Crippen LogP contribution is 2.34. The molecule has 0 radical (unpaired) electrons. The summed E-state index contributed by atoms with van der Waals surface area (Å²) in [4.78, 5) is 17.4. The van der Waals surface area contributed by atoms with Gasteiger partial charge in [-0.1, -0.05) is 32.0 Å². The van der Waals surface area contributed by atoms with Crippen molar-refractivity contribution in [3.63, 3.8) is 0 Å². The summed E-state index contributed by atoms with van der Waals surface area (Å²) in [5.74, 6) is 2.51. The van der Waals surface area contributed by atoms with Gasteiger partial charge in [0.1, 0.15) is 25.6 Å². The lowest BCUT2D eigenvalue weighted by Crippen LogP contribution is -2.34. The van der Waals surface area contributed by atoms with Crippen molar-refractivity contribution in [1.82, 2.24) is 14.9 Å². The minimum absolute atomic E-state index is 0.0418. The number of benzene rings is 2. The van der Waals surface area contributed by atoms with Crippen LogP contribution in [0.1, 0.15) is 31.3 Å². The molecule has 0 aliphatic carbocycles. The predicted octanol–water partition coefficient (Wildman–Crippen LogP) is 3.63. The molecule has 4 rings (SSSR count). The number of aromatic nitrogens is 2. The Bertz CT molecular complexity index is 1010. The lowest BCUT2D eigenvalue weighted by atomic mass is 9.95. The van der Waals surface area contributed by atoms with E-state index in [1.54, 1.807) is 0 Å². The lowest BCUT2D eigenvalue weighted by molar-refractivity contribution is -0.122. The smallest absolute Gasteiger partial charge is 0.240 e. The number of amides is 1. The second-order valence-corrected chi connectivity index (χ2v) is 7.43. The van der Waals surface area contributed by atoms with Crippen LogP contribution < -0.4 is 14.8 Å². The quantitative estimate of drug-likeness (QED) is 0.735. The molecule has 1 amide bonds. The predicted molar refractivity (Wildman–Crippen MR) is 108 cm³/mol. The van der Waals surface area contributed by atoms with Gasteiger partial charge in [0.2, 0.25) is 5.91 Å². The molecular weight excluding hydrogens is 354 g/mol. The highest BCUT2D eigenvalue weighted by atomic mass is 16.6. The Kier molecular flexibility index (Phi) is 4.94. The maximum Gasteiger partial charge on any atom is 0.240 e. The molecule has 0 fully saturated rings. The zero-order chi connectivity index (χ0) is 19.7. The molecule has 1 aliphatic heterocycles. The van der Waals surface area contributed by atoms with Gasteiger partial charge >= 0.3 is 0 Å². The van der Waals surface area contributed by atoms with Gasteiger partial charge in [-0.15, -0.1) is 0 Å². The molecule has 2 heterocycles. The van der Waals surface area contributed by atoms with E-state index in [9.17, 15) is 4.79 Å². The summed E-state index contributed by atoms with van der Waals surface area (Å²) < 4.78 is 13.2. The van der Waals surface area contributed by atoms with Crippen LogP contribution in [0, 0.1) is 12.8 Å². The Morgan fingerprint density at radius 1 is 1.14 bits per heavy atom. The van der Waals surface area contributed by atoms with E-state index >= 15 is 0 Å². The number of ether oxygens (including phenoxy) is 2. The molecule has 1 N–H and O–H groups in total. The first-order valence-electron chi connectivity index (χ1n) is 9.63. The van der Waals surface area contributed by atoms with Crippen LogP contribution in [0.25, 0.3) is 11.0 Å². The number of para-hydroxylation sites is 2. The van der Waals surface area contributed by atoms with Gasteiger partial charge < -0.3 is 19.4 Å². The number of rotatable bonds is 5. The molecule has 1 aliphatic rings. The molecule has 6 heteroatoms. The van der Waals surface area contributed by atoms with Gasteiger partial charge in [-0.25, -0.2) is 4.98 Å². The van der Waals surface area contributed by atoms with Crippen molar-refractivity contribution in [1.29, 1.82) is 0 Å². The van der Waals surface area contributed by atoms with Crippen LogP contribution in [0.2, 0.25) is 0 Å². The van der Waals surface area contributed by atoms with E-state index in [0.717, 1.165) is 33.9 Å². The van der Waals surface area contributed by atoms with Gasteiger partial charge in [-0.05, 0) is 42.7 Å². The van der Waals surface area contributed by atoms with Gasteiger partial charge in [-0.3, -0.25) is 4.79 Å². The first-order chi connectivity index (χ1) is 13.5. The fourth-order valence-electron chi connectivity index (χ4n) is 3.65. The summed E-state index contributed by atoms with van der Waals surface area (Å²) in [6.07, 6.45) is 0. The van der Waals surface area contributed by atoms with E-state index in [2.05, 4.69) is 24.1 Å². The van der Waals surface area contributed by atoms with Gasteiger partial charge in [0.15, 0.2) is 11.5 Å². The van der Waals surface area contributed by atoms with E-state index in [4.69, 9.17) is 9.47 Å². The molecule has 0 saturated heterocycles. The first-order valence-corrected chi connectivity index (χ1v) is 9.63. The topological polar surface area (TPSA) is 65.4 Å². The molecule has 2 aromatic carbocycles. The van der Waals surface area contributed by atoms with Crippen LogP contribution in [0.4, 0.5) is 0 Å². The summed E-state index contributed by atoms with van der Waals surface area (Å²) in [6.45, 7) is 7.46. The summed E-state index contributed by atoms with van der Waals surface area (Å²) in [5.41, 5.74) is 2.88. The monoisotopic (exact) mass is 379 g/mol. The molecular formula is C22H25N3O3. The van der Waals surface area contributed by atoms with Gasteiger partial charge in [-0.2, -0.15) is 0 Å². The van der Waals surface area contributed by atoms with Crippen molar-refractivity contribution >= 4 is 16.9 Å². The molecule has 28 heavy (non-hydrogen) atoms. The van der Waals surface area contributed by atoms with Crippen LogP contribution in [-0.2, 0) is 11.3 Å². The fourth-order valence-corrected chi connectivity index (χ4v) is 3.65. The summed E-state index contributed by atoms with van der Waals surface area (Å²) in [7, 11) is 0. The molecule has 0 unspecified atom stereocenters. The molecule has 146 valence electrons. The van der Waals surface area contributed by atoms with E-state index < -0.39 is 0 Å². The number of nitrogens with zero attached hydrogens (tertiary/aromatic N) is 2. The number of carbonyl (C=O) groups is 1. The van der Waals surface area contributed by atoms with Crippen LogP contribution in [0.15, 0.2) is 42.5 Å². The van der Waals surface area contributed by atoms with Crippen LogP contribution >= 0.6 is 0 Å². The largest absolute Gasteiger partial charge is 0.486 e. The molecule has 0 spiro atoms. The Labute approximate surface area is 164 Å². The lowest BCUT2D eigenvalue weighted by Gasteiger charge is -2.25. The number of hydrogen-bond acceptors (Lipinski definition) is 4. The third kappa shape index (κ3) is 3.54. The zero-order valence-electron chi connectivity index (χ0n) is 16.4. The van der Waals surface area contributed by atoms with Crippen LogP contribution in [0.3, 0.4) is 0 Å². The zero-order valence-corrected chi connectivity index (χ0v) is 16.4. The third-order valence-corrected chi connectivity index (χ3v) is 5.06. The molecule has 1 aromatic heterocycles. The fraction of sp³-hybridized carbons (Fsp3) is 0.364. The maximum absolute atomic E-state index is 12.9. The van der Waals surface area contributed by atoms with Crippen molar-refractivity contribution in [3.05, 3.63) is 53.9 Å². The van der Waals surface area contributed by atoms with Gasteiger partial charge in [0.05, 0.1) is 17.1 Å². The number of imidazole rings is 1. The van der Waals surface area contributed by atoms with Crippen molar-refractivity contribution in [2.24, 2.45) is 5.92 Å². The SMILES string of the molecule is Cc1nc2ccccc2n1CC(=O)N[C@@H](c1ccc2c(c1)OCCO2)C(C)C. The molecule has 3 aromatic rings. The molecule has 1 atom stereocenters. The summed E-state index contributed by atoms with van der Waals surface area (Å²) in [5, 5.41) is 3.19. The van der Waals surface area contributed by atoms with Crippen LogP contribution in [0.5, 0.6) is 11.5 Å². The number of fused-ring (bicyclic) bond motifs is 2. The van der Waals surface area contributed by atoms with E-state index in [1.807, 2.05) is 54.0 Å². The van der Waals surface area contributed by atoms with E-state index in [0.29, 0.717) is 13.2 Å². The minimum Gasteiger partial charge on any atom is -0.486 e. The van der Waals surface area contributed by atoms with E-state index in [-0.39, 0.29) is 24.4 Å². The average molecular weight is 379 g/mol. The van der Waals surface area contributed by atoms with Crippen LogP contribution in [-0.4, -0.2) is 28.7 Å². The van der Waals surface area contributed by atoms with Crippen molar-refractivity contribution in [2.75, 3.05) is 13.2 Å². The van der Waals surface area contributed by atoms with Gasteiger partial charge in [0, 0.05) is 0 Å². The number of nitrogens with one attached hydrogen (secondary N) is 1. The standard InChI is InChI=1S/C22H25N3O3/c1-14(2)22(16-8-9-19-20(12-16)28-11-10-27-19)24-21(26)13-25-15(3)23-17-6-4-5-7-18(17)25/h4-9,12,14,22H,10-11,13H2,1-3H3,(H,24,26)/t22-/m1/s1. The van der Waals surface area contributed by atoms with Crippen molar-refractivity contribution in [2.45, 2.75) is 33.4 Å². The number of aryl methyl sites for hydroxylation is 1. The molecule has 0 saturated carbocycles. The second kappa shape index (κ2) is 7.54. The maximum atomic E-state index is 12.9. The highest BCUT2D eigenvalue weighted by Gasteiger charge is 2.22. The Morgan fingerprint density at radius 2 is 1.89 bits per heavy atom. The number of hydrogen-bond donors (Lipinski definition) is 1. The minimum atomic E-state index is -0.113. The summed E-state index contributed by atoms with van der Waals surface area (Å²) >= 11 is 0. The van der Waals surface area contributed by atoms with Gasteiger partial charge in [0.25, 0.3) is 0 Å². The average Bonchev–Trinajstić information content (AvgIpc) is 3.01. The Hall–Kier alpha value is -3.02. The Balaban J connectivity index is 1.55. The molecule has 0 bridgehead atoms. The third-order valence-electron chi connectivity index (χ3n) is 5.06. The van der Waals surface area contributed by atoms with Crippen molar-refractivity contribution in [3.8, 4) is 11.5 Å². The first kappa shape index (κ1) is 18.3. The van der Waals surface area contributed by atoms with E-state index in [1.165, 1.54) is 0 Å². The highest BCUT2D eigenvalue weighted by molar-refractivity contribution is 5.81. The van der Waals surface area contributed by atoms with Crippen molar-refractivity contribution < 1.29 is 14.3 Å². The molecule has 6 nitrogen and oxygen atoms in total. The Morgan fingerprint density at radius 3 is 2.68 bits per heavy atom. The normalized spacial score (nSPS) is 14.3. The number of carbonyl (C=O) groups excluding carboxylic acids is 1. The second-order valence-electron chi connectivity index (χ2n) is 7.43.